The number of hydrogen-bond donors (Lipinski definition) is 3. The Morgan fingerprint density at radius 2 is 1.84 bits per heavy atom. The van der Waals surface area contributed by atoms with E-state index in [-0.39, 0.29) is 17.3 Å². The van der Waals surface area contributed by atoms with Gasteiger partial charge in [-0.2, -0.15) is 0 Å². The van der Waals surface area contributed by atoms with Gasteiger partial charge in [0.05, 0.1) is 29.8 Å². The Morgan fingerprint density at radius 3 is 2.50 bits per heavy atom. The molecule has 44 heavy (non-hydrogen) atoms. The van der Waals surface area contributed by atoms with E-state index >= 15 is 0 Å². The summed E-state index contributed by atoms with van der Waals surface area (Å²) in [5.74, 6) is -0.0402. The molecule has 0 bridgehead atoms. The molecule has 2 aromatic carbocycles. The molecule has 0 aliphatic carbocycles. The minimum Gasteiger partial charge on any atom is -0.465 e. The lowest BCUT2D eigenvalue weighted by molar-refractivity contribution is 0.0995. The molecule has 0 fully saturated rings. The van der Waals surface area contributed by atoms with Crippen molar-refractivity contribution >= 4 is 29.3 Å². The fraction of sp³-hybridized carbons (Fsp3) is 0.226. The van der Waals surface area contributed by atoms with Crippen LogP contribution in [0, 0.1) is 0 Å². The number of halogens is 1. The van der Waals surface area contributed by atoms with Crippen LogP contribution in [-0.2, 0) is 6.42 Å². The van der Waals surface area contributed by atoms with E-state index in [1.165, 1.54) is 15.8 Å². The minimum absolute atomic E-state index is 0.0173. The number of nitrogens with zero attached hydrogens (tertiary/aromatic N) is 6. The first-order valence-corrected chi connectivity index (χ1v) is 14.2. The third-order valence-electron chi connectivity index (χ3n) is 7.61. The number of aromatic nitrogens is 6. The molecule has 0 saturated heterocycles. The lowest BCUT2D eigenvalue weighted by Gasteiger charge is -2.33. The Balaban J connectivity index is 1.30. The van der Waals surface area contributed by atoms with Crippen LogP contribution in [0.15, 0.2) is 71.8 Å². The molecule has 6 rings (SSSR count). The largest absolute Gasteiger partial charge is 0.465 e. The van der Waals surface area contributed by atoms with E-state index in [4.69, 9.17) is 17.3 Å². The molecule has 0 spiro atoms. The molecule has 1 atom stereocenters. The Labute approximate surface area is 256 Å². The number of benzene rings is 2. The standard InChI is InChI=1S/C31H29ClN8O4/c1-31(2,3)40(30(43)44)20-7-4-17(5-8-20)23-15-34-29(35-23)26-11-9-21-12-18(13-27(41)39(21)26)22-14-19(32)6-10-25(22)38-16-24(28(33)42)36-37-38/h4-8,10,12-16,26H,9,11H2,1-3H3,(H2,33,42)(H,34,35)(H,43,44)/t26-/m0/s1. The number of pyridine rings is 1. The number of nitrogens with two attached hydrogens (primary N) is 1. The van der Waals surface area contributed by atoms with E-state index in [1.807, 2.05) is 39.0 Å². The summed E-state index contributed by atoms with van der Waals surface area (Å²) in [6.07, 6.45) is 3.46. The van der Waals surface area contributed by atoms with Crippen LogP contribution < -0.4 is 16.2 Å². The van der Waals surface area contributed by atoms with Crippen molar-refractivity contribution in [1.82, 2.24) is 29.5 Å². The zero-order valence-corrected chi connectivity index (χ0v) is 24.9. The third kappa shape index (κ3) is 5.24. The molecular formula is C31H29ClN8O4. The maximum atomic E-state index is 13.6. The molecule has 0 saturated carbocycles. The van der Waals surface area contributed by atoms with Gasteiger partial charge in [-0.1, -0.05) is 28.9 Å². The number of carboxylic acid groups (broad SMARTS) is 1. The van der Waals surface area contributed by atoms with E-state index < -0.39 is 17.5 Å². The van der Waals surface area contributed by atoms with Gasteiger partial charge in [-0.05, 0) is 81.1 Å². The molecule has 4 heterocycles. The summed E-state index contributed by atoms with van der Waals surface area (Å²) >= 11 is 6.34. The van der Waals surface area contributed by atoms with Crippen LogP contribution in [0.4, 0.5) is 10.5 Å². The SMILES string of the molecule is CC(C)(C)N(C(=O)O)c1ccc(-c2cnc([C@@H]3CCc4cc(-c5cc(Cl)ccc5-n5cc(C(N)=O)nn5)cc(=O)n43)[nH]2)cc1. The summed E-state index contributed by atoms with van der Waals surface area (Å²) in [6, 6.07) is 15.6. The topological polar surface area (TPSA) is 165 Å². The summed E-state index contributed by atoms with van der Waals surface area (Å²) in [7, 11) is 0. The number of nitrogens with one attached hydrogen (secondary N) is 1. The van der Waals surface area contributed by atoms with Crippen molar-refractivity contribution in [3.05, 3.63) is 99.6 Å². The second-order valence-corrected chi connectivity index (χ2v) is 12.0. The van der Waals surface area contributed by atoms with Crippen LogP contribution in [-0.4, -0.2) is 52.2 Å². The first-order valence-electron chi connectivity index (χ1n) is 13.9. The summed E-state index contributed by atoms with van der Waals surface area (Å²) in [6.45, 7) is 5.52. The van der Waals surface area contributed by atoms with Crippen molar-refractivity contribution in [3.63, 3.8) is 0 Å². The van der Waals surface area contributed by atoms with Crippen molar-refractivity contribution < 1.29 is 14.7 Å². The highest BCUT2D eigenvalue weighted by Gasteiger charge is 2.29. The zero-order valence-electron chi connectivity index (χ0n) is 24.2. The van der Waals surface area contributed by atoms with Crippen molar-refractivity contribution in [2.45, 2.75) is 45.2 Å². The number of rotatable bonds is 6. The molecule has 4 N–H and O–H groups in total. The lowest BCUT2D eigenvalue weighted by atomic mass is 10.0. The molecule has 0 radical (unpaired) electrons. The highest BCUT2D eigenvalue weighted by molar-refractivity contribution is 6.31. The van der Waals surface area contributed by atoms with Crippen LogP contribution >= 0.6 is 11.6 Å². The number of anilines is 1. The Kier molecular flexibility index (Phi) is 7.08. The van der Waals surface area contributed by atoms with Gasteiger partial charge in [-0.3, -0.25) is 14.5 Å². The molecule has 2 amide bonds. The molecule has 0 unspecified atom stereocenters. The molecule has 1 aliphatic heterocycles. The second kappa shape index (κ2) is 10.8. The number of fused-ring (bicyclic) bond motifs is 1. The summed E-state index contributed by atoms with van der Waals surface area (Å²) in [5.41, 5.74) is 9.48. The number of primary amides is 1. The van der Waals surface area contributed by atoms with E-state index in [2.05, 4.69) is 20.3 Å². The fourth-order valence-electron chi connectivity index (χ4n) is 5.67. The maximum absolute atomic E-state index is 13.6. The molecular weight excluding hydrogens is 584 g/mol. The number of aryl methyl sites for hydroxylation is 1. The average molecular weight is 613 g/mol. The molecule has 224 valence electrons. The average Bonchev–Trinajstić information content (AvgIpc) is 3.72. The fourth-order valence-corrected chi connectivity index (χ4v) is 5.84. The number of imidazole rings is 1. The van der Waals surface area contributed by atoms with Crippen molar-refractivity contribution in [1.29, 1.82) is 0 Å². The van der Waals surface area contributed by atoms with Gasteiger partial charge in [0.1, 0.15) is 5.82 Å². The van der Waals surface area contributed by atoms with E-state index in [0.29, 0.717) is 46.2 Å². The third-order valence-corrected chi connectivity index (χ3v) is 7.84. The van der Waals surface area contributed by atoms with Crippen LogP contribution in [0.5, 0.6) is 0 Å². The smallest absolute Gasteiger partial charge is 0.412 e. The zero-order chi connectivity index (χ0) is 31.3. The Morgan fingerprint density at radius 1 is 1.09 bits per heavy atom. The number of aromatic amines is 1. The van der Waals surface area contributed by atoms with Crippen molar-refractivity contribution in [3.8, 4) is 28.1 Å². The highest BCUT2D eigenvalue weighted by atomic mass is 35.5. The van der Waals surface area contributed by atoms with Gasteiger partial charge in [0, 0.05) is 33.6 Å². The number of amides is 2. The van der Waals surface area contributed by atoms with E-state index in [9.17, 15) is 19.5 Å². The van der Waals surface area contributed by atoms with Crippen LogP contribution in [0.2, 0.25) is 5.02 Å². The Bertz CT molecular complexity index is 1970. The molecule has 3 aromatic heterocycles. The van der Waals surface area contributed by atoms with Gasteiger partial charge in [0.25, 0.3) is 11.5 Å². The molecule has 1 aliphatic rings. The summed E-state index contributed by atoms with van der Waals surface area (Å²) in [4.78, 5) is 46.3. The van der Waals surface area contributed by atoms with E-state index in [0.717, 1.165) is 17.0 Å². The minimum atomic E-state index is -1.02. The number of carbonyl (C=O) groups excluding carboxylic acids is 1. The highest BCUT2D eigenvalue weighted by Crippen LogP contribution is 2.35. The van der Waals surface area contributed by atoms with E-state index in [1.54, 1.807) is 47.2 Å². The summed E-state index contributed by atoms with van der Waals surface area (Å²) < 4.78 is 3.17. The van der Waals surface area contributed by atoms with Gasteiger partial charge < -0.3 is 20.4 Å². The van der Waals surface area contributed by atoms with Crippen molar-refractivity contribution in [2.75, 3.05) is 4.90 Å². The predicted octanol–water partition coefficient (Wildman–Crippen LogP) is 5.06. The lowest BCUT2D eigenvalue weighted by Crippen LogP contribution is -2.45. The van der Waals surface area contributed by atoms with Crippen LogP contribution in [0.25, 0.3) is 28.1 Å². The van der Waals surface area contributed by atoms with Gasteiger partial charge in [-0.15, -0.1) is 5.10 Å². The normalized spacial score (nSPS) is 14.4. The van der Waals surface area contributed by atoms with Crippen molar-refractivity contribution in [2.24, 2.45) is 5.73 Å². The maximum Gasteiger partial charge on any atom is 0.412 e. The predicted molar refractivity (Wildman–Crippen MR) is 165 cm³/mol. The molecule has 12 nitrogen and oxygen atoms in total. The summed E-state index contributed by atoms with van der Waals surface area (Å²) in [5, 5.41) is 18.0. The number of carbonyl (C=O) groups is 2. The second-order valence-electron chi connectivity index (χ2n) is 11.6. The first kappa shape index (κ1) is 28.9. The van der Waals surface area contributed by atoms with Crippen LogP contribution in [0.1, 0.15) is 55.2 Å². The quantitative estimate of drug-likeness (QED) is 0.241. The molecule has 5 aromatic rings. The molecule has 13 heteroatoms. The van der Waals surface area contributed by atoms with Gasteiger partial charge in [0.2, 0.25) is 0 Å². The van der Waals surface area contributed by atoms with Gasteiger partial charge in [-0.25, -0.2) is 14.5 Å². The number of hydrogen-bond acceptors (Lipinski definition) is 6. The van der Waals surface area contributed by atoms with Gasteiger partial charge >= 0.3 is 6.09 Å². The number of H-pyrrole nitrogens is 1. The first-order chi connectivity index (χ1) is 20.9. The van der Waals surface area contributed by atoms with Gasteiger partial charge in [0.15, 0.2) is 5.69 Å². The Hall–Kier alpha value is -5.23. The van der Waals surface area contributed by atoms with Crippen LogP contribution in [0.3, 0.4) is 0 Å². The monoisotopic (exact) mass is 612 g/mol.